The molecule has 1 N–H and O–H groups in total. The lowest BCUT2D eigenvalue weighted by Crippen LogP contribution is -2.12. The Labute approximate surface area is 181 Å². The number of benzene rings is 1. The van der Waals surface area contributed by atoms with Crippen molar-refractivity contribution in [2.45, 2.75) is 25.7 Å². The Balaban J connectivity index is 1.56. The molecule has 1 aliphatic carbocycles. The van der Waals surface area contributed by atoms with Crippen LogP contribution in [0.15, 0.2) is 45.6 Å². The second-order valence-corrected chi connectivity index (χ2v) is 8.65. The highest BCUT2D eigenvalue weighted by molar-refractivity contribution is 7.18. The molecule has 1 aromatic carbocycles. The number of nitriles is 1. The summed E-state index contributed by atoms with van der Waals surface area (Å²) in [5, 5.41) is 11.0. The molecular formula is C23H16ClN3O2S. The number of thiophene rings is 1. The molecule has 3 heterocycles. The van der Waals surface area contributed by atoms with Crippen molar-refractivity contribution in [3.63, 3.8) is 0 Å². The van der Waals surface area contributed by atoms with Gasteiger partial charge in [-0.05, 0) is 55.5 Å². The molecule has 0 saturated carbocycles. The van der Waals surface area contributed by atoms with Crippen LogP contribution >= 0.6 is 22.9 Å². The average Bonchev–Trinajstić information content (AvgIpc) is 3.36. The van der Waals surface area contributed by atoms with Crippen LogP contribution in [0, 0.1) is 11.3 Å². The Hall–Kier alpha value is -3.14. The first kappa shape index (κ1) is 18.9. The molecule has 0 radical (unpaired) electrons. The third-order valence-corrected chi connectivity index (χ3v) is 6.77. The Morgan fingerprint density at radius 2 is 2.07 bits per heavy atom. The number of furan rings is 1. The maximum absolute atomic E-state index is 12.8. The predicted molar refractivity (Wildman–Crippen MR) is 120 cm³/mol. The maximum atomic E-state index is 12.8. The topological polar surface area (TPSA) is 82.7 Å². The van der Waals surface area contributed by atoms with Crippen molar-refractivity contribution in [2.24, 2.45) is 0 Å². The fourth-order valence-electron chi connectivity index (χ4n) is 3.82. The van der Waals surface area contributed by atoms with E-state index in [0.29, 0.717) is 26.8 Å². The van der Waals surface area contributed by atoms with Gasteiger partial charge in [-0.2, -0.15) is 5.26 Å². The maximum Gasteiger partial charge on any atom is 0.260 e. The van der Waals surface area contributed by atoms with Gasteiger partial charge in [-0.25, -0.2) is 4.98 Å². The van der Waals surface area contributed by atoms with Gasteiger partial charge in [0.15, 0.2) is 5.82 Å². The molecule has 0 unspecified atom stereocenters. The van der Waals surface area contributed by atoms with E-state index in [-0.39, 0.29) is 17.0 Å². The molecule has 0 fully saturated rings. The molecule has 0 amide bonds. The minimum absolute atomic E-state index is 0.188. The summed E-state index contributed by atoms with van der Waals surface area (Å²) in [7, 11) is 0. The molecule has 0 saturated heterocycles. The van der Waals surface area contributed by atoms with E-state index in [1.54, 1.807) is 35.6 Å². The number of aromatic nitrogens is 2. The van der Waals surface area contributed by atoms with Crippen molar-refractivity contribution in [2.75, 3.05) is 0 Å². The lowest BCUT2D eigenvalue weighted by Gasteiger charge is -2.09. The molecule has 0 atom stereocenters. The zero-order valence-corrected chi connectivity index (χ0v) is 17.4. The number of hydrogen-bond acceptors (Lipinski definition) is 5. The SMILES string of the molecule is N#CC(=Cc1ccc(-c2ccccc2Cl)o1)c1nc2sc3c(c2c(=O)[nH]1)CCCC3. The highest BCUT2D eigenvalue weighted by atomic mass is 35.5. The van der Waals surface area contributed by atoms with Crippen LogP contribution in [-0.2, 0) is 12.8 Å². The molecule has 7 heteroatoms. The molecule has 0 spiro atoms. The second-order valence-electron chi connectivity index (χ2n) is 7.16. The standard InChI is InChI=1S/C23H16ClN3O2S/c24-17-7-3-1-5-15(17)18-10-9-14(29-18)11-13(12-25)21-26-22(28)20-16-6-2-4-8-19(16)30-23(20)27-21/h1,3,5,7,9-11H,2,4,6,8H2,(H,26,27,28). The number of halogens is 1. The van der Waals surface area contributed by atoms with Crippen molar-refractivity contribution in [3.8, 4) is 17.4 Å². The highest BCUT2D eigenvalue weighted by Gasteiger charge is 2.20. The first-order valence-electron chi connectivity index (χ1n) is 9.65. The van der Waals surface area contributed by atoms with Gasteiger partial charge in [0.05, 0.1) is 16.0 Å². The molecule has 0 bridgehead atoms. The van der Waals surface area contributed by atoms with Crippen LogP contribution in [-0.4, -0.2) is 9.97 Å². The third kappa shape index (κ3) is 3.26. The van der Waals surface area contributed by atoms with Gasteiger partial charge in [-0.3, -0.25) is 4.79 Å². The lowest BCUT2D eigenvalue weighted by molar-refractivity contribution is 0.572. The van der Waals surface area contributed by atoms with Crippen LogP contribution in [0.25, 0.3) is 33.2 Å². The molecule has 4 aromatic rings. The summed E-state index contributed by atoms with van der Waals surface area (Å²) < 4.78 is 5.86. The summed E-state index contributed by atoms with van der Waals surface area (Å²) in [6.07, 6.45) is 5.72. The minimum atomic E-state index is -0.188. The molecule has 30 heavy (non-hydrogen) atoms. The van der Waals surface area contributed by atoms with Gasteiger partial charge in [0.25, 0.3) is 5.56 Å². The van der Waals surface area contributed by atoms with Crippen LogP contribution in [0.2, 0.25) is 5.02 Å². The van der Waals surface area contributed by atoms with E-state index in [1.165, 1.54) is 4.88 Å². The van der Waals surface area contributed by atoms with Crippen LogP contribution < -0.4 is 5.56 Å². The number of fused-ring (bicyclic) bond motifs is 3. The quantitative estimate of drug-likeness (QED) is 0.411. The van der Waals surface area contributed by atoms with E-state index >= 15 is 0 Å². The Morgan fingerprint density at radius 1 is 1.23 bits per heavy atom. The Morgan fingerprint density at radius 3 is 2.90 bits per heavy atom. The molecule has 148 valence electrons. The fraction of sp³-hybridized carbons (Fsp3) is 0.174. The number of nitrogens with zero attached hydrogens (tertiary/aromatic N) is 2. The summed E-state index contributed by atoms with van der Waals surface area (Å²) in [6, 6.07) is 13.1. The van der Waals surface area contributed by atoms with E-state index in [9.17, 15) is 10.1 Å². The molecule has 1 aliphatic rings. The zero-order valence-electron chi connectivity index (χ0n) is 15.9. The van der Waals surface area contributed by atoms with Gasteiger partial charge in [0.1, 0.15) is 22.4 Å². The van der Waals surface area contributed by atoms with Gasteiger partial charge in [-0.1, -0.05) is 23.7 Å². The van der Waals surface area contributed by atoms with E-state index in [2.05, 4.69) is 16.0 Å². The van der Waals surface area contributed by atoms with Gasteiger partial charge in [-0.15, -0.1) is 11.3 Å². The lowest BCUT2D eigenvalue weighted by atomic mass is 9.97. The van der Waals surface area contributed by atoms with E-state index < -0.39 is 0 Å². The first-order valence-corrected chi connectivity index (χ1v) is 10.8. The van der Waals surface area contributed by atoms with Crippen LogP contribution in [0.4, 0.5) is 0 Å². The molecule has 5 nitrogen and oxygen atoms in total. The fourth-order valence-corrected chi connectivity index (χ4v) is 5.31. The molecule has 3 aromatic heterocycles. The van der Waals surface area contributed by atoms with E-state index in [0.717, 1.165) is 36.8 Å². The summed E-state index contributed by atoms with van der Waals surface area (Å²) in [5.74, 6) is 1.34. The predicted octanol–water partition coefficient (Wildman–Crippen LogP) is 5.84. The monoisotopic (exact) mass is 433 g/mol. The number of aromatic amines is 1. The van der Waals surface area contributed by atoms with E-state index in [1.807, 2.05) is 18.2 Å². The van der Waals surface area contributed by atoms with Gasteiger partial charge in [0.2, 0.25) is 0 Å². The molecule has 0 aliphatic heterocycles. The number of allylic oxidation sites excluding steroid dienone is 1. The summed E-state index contributed by atoms with van der Waals surface area (Å²) in [6.45, 7) is 0. The largest absolute Gasteiger partial charge is 0.457 e. The Bertz CT molecular complexity index is 1400. The van der Waals surface area contributed by atoms with Crippen molar-refractivity contribution >= 4 is 44.8 Å². The smallest absolute Gasteiger partial charge is 0.260 e. The van der Waals surface area contributed by atoms with Gasteiger partial charge < -0.3 is 9.40 Å². The van der Waals surface area contributed by atoms with Crippen molar-refractivity contribution < 1.29 is 4.42 Å². The van der Waals surface area contributed by atoms with Crippen molar-refractivity contribution in [3.05, 3.63) is 73.8 Å². The minimum Gasteiger partial charge on any atom is -0.457 e. The first-order chi connectivity index (χ1) is 14.6. The second kappa shape index (κ2) is 7.60. The van der Waals surface area contributed by atoms with Gasteiger partial charge >= 0.3 is 0 Å². The summed E-state index contributed by atoms with van der Waals surface area (Å²) >= 11 is 7.80. The van der Waals surface area contributed by atoms with Gasteiger partial charge in [0, 0.05) is 16.5 Å². The number of hydrogen-bond donors (Lipinski definition) is 1. The van der Waals surface area contributed by atoms with Crippen LogP contribution in [0.3, 0.4) is 0 Å². The zero-order chi connectivity index (χ0) is 20.7. The number of aryl methyl sites for hydroxylation is 2. The van der Waals surface area contributed by atoms with Crippen LogP contribution in [0.5, 0.6) is 0 Å². The normalized spacial score (nSPS) is 13.9. The Kier molecular flexibility index (Phi) is 4.78. The summed E-state index contributed by atoms with van der Waals surface area (Å²) in [4.78, 5) is 22.1. The third-order valence-electron chi connectivity index (χ3n) is 5.25. The summed E-state index contributed by atoms with van der Waals surface area (Å²) in [5.41, 5.74) is 1.95. The number of rotatable bonds is 3. The molecular weight excluding hydrogens is 418 g/mol. The van der Waals surface area contributed by atoms with Crippen LogP contribution in [0.1, 0.15) is 34.9 Å². The highest BCUT2D eigenvalue weighted by Crippen LogP contribution is 2.34. The van der Waals surface area contributed by atoms with Crippen molar-refractivity contribution in [1.29, 1.82) is 5.26 Å². The van der Waals surface area contributed by atoms with Crippen molar-refractivity contribution in [1.82, 2.24) is 9.97 Å². The average molecular weight is 434 g/mol. The number of H-pyrrole nitrogens is 1. The molecule has 5 rings (SSSR count). The van der Waals surface area contributed by atoms with E-state index in [4.69, 9.17) is 16.0 Å². The number of nitrogens with one attached hydrogen (secondary N) is 1.